The van der Waals surface area contributed by atoms with E-state index in [4.69, 9.17) is 14.4 Å². The van der Waals surface area contributed by atoms with E-state index in [0.29, 0.717) is 26.1 Å². The summed E-state index contributed by atoms with van der Waals surface area (Å²) in [7, 11) is 3.02. The first kappa shape index (κ1) is 17.8. The van der Waals surface area contributed by atoms with Crippen molar-refractivity contribution >= 4 is 18.5 Å². The number of hydrogen-bond donors (Lipinski definition) is 1. The Morgan fingerprint density at radius 3 is 2.44 bits per heavy atom. The monoisotopic (exact) mass is 256 g/mol. The number of nitrogens with one attached hydrogen (secondary N) is 1. The summed E-state index contributed by atoms with van der Waals surface area (Å²) in [5, 5.41) is 3.92. The highest BCUT2D eigenvalue weighted by atomic mass is 35.5. The maximum absolute atomic E-state index is 11.0. The van der Waals surface area contributed by atoms with Gasteiger partial charge in [0.25, 0.3) is 0 Å². The summed E-state index contributed by atoms with van der Waals surface area (Å²) in [4.78, 5) is 20.6. The molecule has 0 saturated heterocycles. The minimum Gasteiger partial charge on any atom is -0.450 e. The van der Waals surface area contributed by atoms with Gasteiger partial charge in [-0.15, -0.1) is 12.4 Å². The van der Waals surface area contributed by atoms with Gasteiger partial charge in [0.05, 0.1) is 27.4 Å². The van der Waals surface area contributed by atoms with Gasteiger partial charge in [-0.1, -0.05) is 12.2 Å². The molecular weight excluding hydrogens is 236 g/mol. The van der Waals surface area contributed by atoms with Crippen LogP contribution in [-0.2, 0) is 14.4 Å². The van der Waals surface area contributed by atoms with Gasteiger partial charge in [-0.2, -0.15) is 0 Å². The summed E-state index contributed by atoms with van der Waals surface area (Å²) >= 11 is 0. The number of amides is 1. The summed E-state index contributed by atoms with van der Waals surface area (Å²) in [5.74, 6) is 0. The van der Waals surface area contributed by atoms with Crippen molar-refractivity contribution in [2.24, 2.45) is 0 Å². The molecule has 1 amide bonds. The van der Waals surface area contributed by atoms with Crippen LogP contribution in [0, 0.1) is 0 Å². The lowest BCUT2D eigenvalue weighted by molar-refractivity contribution is -0.342. The highest BCUT2D eigenvalue weighted by molar-refractivity contribution is 5.85. The van der Waals surface area contributed by atoms with Crippen molar-refractivity contribution in [2.75, 3.05) is 33.9 Å². The van der Waals surface area contributed by atoms with E-state index >= 15 is 0 Å². The second-order valence-corrected chi connectivity index (χ2v) is 2.84. The van der Waals surface area contributed by atoms with Gasteiger partial charge in [-0.25, -0.2) is 4.79 Å². The Bertz CT molecular complexity index is 168. The summed E-state index contributed by atoms with van der Waals surface area (Å²) in [6.45, 7) is 3.52. The molecule has 0 atom stereocenters. The number of nitrogens with zero attached hydrogens (tertiary/aromatic N) is 1. The van der Waals surface area contributed by atoms with Gasteiger partial charge < -0.3 is 10.1 Å². The summed E-state index contributed by atoms with van der Waals surface area (Å²) < 4.78 is 4.90. The van der Waals surface area contributed by atoms with E-state index in [9.17, 15) is 4.79 Å². The molecule has 0 aromatic rings. The molecule has 0 aliphatic rings. The molecule has 0 aliphatic carbocycles. The average molecular weight is 257 g/mol. The Morgan fingerprint density at radius 2 is 1.94 bits per heavy atom. The predicted molar refractivity (Wildman–Crippen MR) is 62.2 cm³/mol. The van der Waals surface area contributed by atoms with Crippen LogP contribution < -0.4 is 5.32 Å². The zero-order valence-corrected chi connectivity index (χ0v) is 10.8. The summed E-state index contributed by atoms with van der Waals surface area (Å²) in [6, 6.07) is 0. The Labute approximate surface area is 103 Å². The molecular formula is C9H21ClN2O4. The third-order valence-electron chi connectivity index (χ3n) is 1.64. The van der Waals surface area contributed by atoms with E-state index in [0.717, 1.165) is 6.42 Å². The first-order valence-corrected chi connectivity index (χ1v) is 5.01. The van der Waals surface area contributed by atoms with E-state index in [1.165, 1.54) is 19.4 Å². The Kier molecular flexibility index (Phi) is 13.9. The first-order valence-electron chi connectivity index (χ1n) is 5.01. The Balaban J connectivity index is 0. The number of ether oxygens (including phenoxy) is 1. The molecule has 0 saturated carbocycles. The van der Waals surface area contributed by atoms with Crippen LogP contribution in [0.4, 0.5) is 4.79 Å². The number of hydrogen-bond acceptors (Lipinski definition) is 5. The van der Waals surface area contributed by atoms with E-state index in [-0.39, 0.29) is 18.5 Å². The molecule has 0 rings (SSSR count). The molecule has 1 N–H and O–H groups in total. The largest absolute Gasteiger partial charge is 0.450 e. The average Bonchev–Trinajstić information content (AvgIpc) is 2.26. The van der Waals surface area contributed by atoms with Crippen LogP contribution in [0.5, 0.6) is 0 Å². The van der Waals surface area contributed by atoms with Gasteiger partial charge >= 0.3 is 6.09 Å². The van der Waals surface area contributed by atoms with Gasteiger partial charge in [0.1, 0.15) is 0 Å². The highest BCUT2D eigenvalue weighted by Crippen LogP contribution is 1.92. The third-order valence-corrected chi connectivity index (χ3v) is 1.64. The van der Waals surface area contributed by atoms with Crippen LogP contribution in [-0.4, -0.2) is 45.2 Å². The van der Waals surface area contributed by atoms with E-state index in [1.807, 2.05) is 6.92 Å². The van der Waals surface area contributed by atoms with Gasteiger partial charge in [0, 0.05) is 6.54 Å². The molecule has 16 heavy (non-hydrogen) atoms. The maximum Gasteiger partial charge on any atom is 0.407 e. The van der Waals surface area contributed by atoms with Crippen molar-refractivity contribution in [1.29, 1.82) is 0 Å². The normalized spacial score (nSPS) is 9.75. The number of hydroxylamine groups is 2. The molecule has 7 heteroatoms. The minimum absolute atomic E-state index is 0. The summed E-state index contributed by atoms with van der Waals surface area (Å²) in [5.41, 5.74) is 0. The molecule has 6 nitrogen and oxygen atoms in total. The quantitative estimate of drug-likeness (QED) is 0.525. The number of rotatable bonds is 8. The smallest absolute Gasteiger partial charge is 0.407 e. The SMILES string of the molecule is CCCNC(=O)OCCCN(OC)OC.Cl. The van der Waals surface area contributed by atoms with Crippen LogP contribution in [0.15, 0.2) is 0 Å². The molecule has 0 fully saturated rings. The second kappa shape index (κ2) is 12.5. The fraction of sp³-hybridized carbons (Fsp3) is 0.889. The zero-order valence-electron chi connectivity index (χ0n) is 10.0. The number of carbonyl (C=O) groups excluding carboxylic acids is 1. The van der Waals surface area contributed by atoms with Gasteiger partial charge in [-0.05, 0) is 12.8 Å². The molecule has 0 spiro atoms. The molecule has 0 aromatic heterocycles. The first-order chi connectivity index (χ1) is 7.24. The minimum atomic E-state index is -0.377. The fourth-order valence-electron chi connectivity index (χ4n) is 0.894. The van der Waals surface area contributed by atoms with Crippen molar-refractivity contribution < 1.29 is 19.2 Å². The predicted octanol–water partition coefficient (Wildman–Crippen LogP) is 1.36. The third kappa shape index (κ3) is 9.97. The number of halogens is 1. The lowest BCUT2D eigenvalue weighted by Crippen LogP contribution is -2.27. The molecule has 0 bridgehead atoms. The summed E-state index contributed by atoms with van der Waals surface area (Å²) in [6.07, 6.45) is 1.18. The van der Waals surface area contributed by atoms with Gasteiger partial charge in [-0.3, -0.25) is 9.68 Å². The molecule has 98 valence electrons. The Hall–Kier alpha value is -0.560. The molecule has 0 aliphatic heterocycles. The standard InChI is InChI=1S/C9H20N2O4.ClH/c1-4-6-10-9(12)15-8-5-7-11(13-2)14-3;/h4-8H2,1-3H3,(H,10,12);1H. The van der Waals surface area contributed by atoms with Crippen molar-refractivity contribution in [3.63, 3.8) is 0 Å². The van der Waals surface area contributed by atoms with Crippen LogP contribution in [0.3, 0.4) is 0 Å². The van der Waals surface area contributed by atoms with E-state index in [1.54, 1.807) is 0 Å². The molecule has 0 aromatic carbocycles. The lowest BCUT2D eigenvalue weighted by atomic mass is 10.5. The van der Waals surface area contributed by atoms with Crippen LogP contribution in [0.2, 0.25) is 0 Å². The van der Waals surface area contributed by atoms with Crippen molar-refractivity contribution in [1.82, 2.24) is 10.5 Å². The highest BCUT2D eigenvalue weighted by Gasteiger charge is 2.03. The van der Waals surface area contributed by atoms with Crippen LogP contribution in [0.1, 0.15) is 19.8 Å². The van der Waals surface area contributed by atoms with Crippen molar-refractivity contribution in [3.05, 3.63) is 0 Å². The van der Waals surface area contributed by atoms with Crippen LogP contribution >= 0.6 is 12.4 Å². The Morgan fingerprint density at radius 1 is 1.31 bits per heavy atom. The molecule has 0 heterocycles. The van der Waals surface area contributed by atoms with Crippen molar-refractivity contribution in [3.8, 4) is 0 Å². The number of alkyl carbamates (subject to hydrolysis) is 1. The van der Waals surface area contributed by atoms with Gasteiger partial charge in [0.15, 0.2) is 0 Å². The van der Waals surface area contributed by atoms with E-state index < -0.39 is 0 Å². The molecule has 0 unspecified atom stereocenters. The molecule has 0 radical (unpaired) electrons. The fourth-order valence-corrected chi connectivity index (χ4v) is 0.894. The topological polar surface area (TPSA) is 60.0 Å². The lowest BCUT2D eigenvalue weighted by Gasteiger charge is -2.15. The van der Waals surface area contributed by atoms with Gasteiger partial charge in [0.2, 0.25) is 0 Å². The maximum atomic E-state index is 11.0. The van der Waals surface area contributed by atoms with Crippen molar-refractivity contribution in [2.45, 2.75) is 19.8 Å². The second-order valence-electron chi connectivity index (χ2n) is 2.84. The van der Waals surface area contributed by atoms with Crippen LogP contribution in [0.25, 0.3) is 0 Å². The van der Waals surface area contributed by atoms with E-state index in [2.05, 4.69) is 5.32 Å². The zero-order chi connectivity index (χ0) is 11.5. The number of carbonyl (C=O) groups is 1.